The number of aromatic nitrogens is 3. The molecule has 7 nitrogen and oxygen atoms in total. The number of aryl methyl sites for hydroxylation is 1. The van der Waals surface area contributed by atoms with Crippen molar-refractivity contribution in [2.75, 3.05) is 6.54 Å². The van der Waals surface area contributed by atoms with Crippen LogP contribution in [0.4, 0.5) is 18.0 Å². The van der Waals surface area contributed by atoms with Crippen LogP contribution in [0.2, 0.25) is 0 Å². The van der Waals surface area contributed by atoms with Gasteiger partial charge in [-0.1, -0.05) is 12.6 Å². The average Bonchev–Trinajstić information content (AvgIpc) is 3.04. The first kappa shape index (κ1) is 23.2. The summed E-state index contributed by atoms with van der Waals surface area (Å²) in [6.07, 6.45) is -2.43. The summed E-state index contributed by atoms with van der Waals surface area (Å²) in [4.78, 5) is 15.9. The van der Waals surface area contributed by atoms with E-state index in [1.54, 1.807) is 33.0 Å². The third kappa shape index (κ3) is 6.78. The number of halogens is 3. The second-order valence-electron chi connectivity index (χ2n) is 7.68. The molecule has 164 valence electrons. The Morgan fingerprint density at radius 2 is 1.97 bits per heavy atom. The fourth-order valence-electron chi connectivity index (χ4n) is 2.54. The van der Waals surface area contributed by atoms with Gasteiger partial charge < -0.3 is 15.4 Å². The number of carbonyl (C=O) groups is 1. The molecule has 0 aliphatic rings. The maximum atomic E-state index is 13.4. The molecule has 30 heavy (non-hydrogen) atoms. The number of carbonyl (C=O) groups excluding carboxylic acids is 1. The first-order valence-electron chi connectivity index (χ1n) is 9.32. The van der Waals surface area contributed by atoms with Crippen molar-refractivity contribution in [2.45, 2.75) is 52.6 Å². The number of pyridine rings is 1. The topological polar surface area (TPSA) is 81.1 Å². The lowest BCUT2D eigenvalue weighted by Gasteiger charge is -2.19. The minimum absolute atomic E-state index is 0.0367. The van der Waals surface area contributed by atoms with Crippen molar-refractivity contribution in [1.82, 2.24) is 25.4 Å². The molecular formula is C20H26F3N5O2. The van der Waals surface area contributed by atoms with E-state index < -0.39 is 23.6 Å². The highest BCUT2D eigenvalue weighted by Gasteiger charge is 2.37. The molecule has 2 heterocycles. The van der Waals surface area contributed by atoms with Crippen LogP contribution in [-0.2, 0) is 24.0 Å². The Hall–Kier alpha value is -3.04. The zero-order chi connectivity index (χ0) is 22.5. The van der Waals surface area contributed by atoms with Crippen LogP contribution in [0.5, 0.6) is 0 Å². The van der Waals surface area contributed by atoms with Crippen molar-refractivity contribution in [2.24, 2.45) is 0 Å². The van der Waals surface area contributed by atoms with Gasteiger partial charge in [0.2, 0.25) is 0 Å². The highest BCUT2D eigenvalue weighted by atomic mass is 19.4. The van der Waals surface area contributed by atoms with Gasteiger partial charge in [0.05, 0.1) is 18.8 Å². The Balaban J connectivity index is 2.06. The van der Waals surface area contributed by atoms with E-state index in [9.17, 15) is 18.0 Å². The molecule has 2 aromatic rings. The molecule has 0 spiro atoms. The van der Waals surface area contributed by atoms with E-state index in [0.29, 0.717) is 5.69 Å². The molecule has 0 bridgehead atoms. The Morgan fingerprint density at radius 3 is 2.57 bits per heavy atom. The number of alkyl halides is 3. The number of alkyl carbamates (subject to hydrolysis) is 1. The largest absolute Gasteiger partial charge is 0.444 e. The molecule has 0 radical (unpaired) electrons. The number of ether oxygens (including phenoxy) is 1. The van der Waals surface area contributed by atoms with Crippen LogP contribution in [0.15, 0.2) is 31.1 Å². The Bertz CT molecular complexity index is 901. The van der Waals surface area contributed by atoms with E-state index in [0.717, 1.165) is 10.2 Å². The second-order valence-corrected chi connectivity index (χ2v) is 7.68. The van der Waals surface area contributed by atoms with Crippen LogP contribution in [-0.4, -0.2) is 33.0 Å². The van der Waals surface area contributed by atoms with E-state index in [1.165, 1.54) is 6.20 Å². The van der Waals surface area contributed by atoms with Gasteiger partial charge in [0.1, 0.15) is 5.60 Å². The molecule has 0 saturated heterocycles. The summed E-state index contributed by atoms with van der Waals surface area (Å²) >= 11 is 0. The predicted octanol–water partition coefficient (Wildman–Crippen LogP) is 3.89. The van der Waals surface area contributed by atoms with Gasteiger partial charge in [0.25, 0.3) is 0 Å². The maximum Gasteiger partial charge on any atom is 0.435 e. The maximum absolute atomic E-state index is 13.4. The lowest BCUT2D eigenvalue weighted by atomic mass is 10.1. The zero-order valence-electron chi connectivity index (χ0n) is 17.4. The second kappa shape index (κ2) is 9.19. The first-order valence-corrected chi connectivity index (χ1v) is 9.32. The molecule has 0 aliphatic heterocycles. The van der Waals surface area contributed by atoms with Gasteiger partial charge in [-0.25, -0.2) is 4.79 Å². The van der Waals surface area contributed by atoms with E-state index in [1.807, 2.05) is 13.0 Å². The summed E-state index contributed by atoms with van der Waals surface area (Å²) in [5, 5.41) is 9.00. The number of nitrogens with one attached hydrogen (secondary N) is 2. The third-order valence-corrected chi connectivity index (χ3v) is 3.95. The van der Waals surface area contributed by atoms with E-state index in [-0.39, 0.29) is 30.9 Å². The minimum atomic E-state index is -4.65. The molecule has 0 aliphatic carbocycles. The van der Waals surface area contributed by atoms with Crippen LogP contribution in [0, 0.1) is 6.92 Å². The van der Waals surface area contributed by atoms with Gasteiger partial charge in [-0.05, 0) is 39.3 Å². The van der Waals surface area contributed by atoms with Gasteiger partial charge in [-0.3, -0.25) is 9.67 Å². The van der Waals surface area contributed by atoms with Crippen LogP contribution in [0.1, 0.15) is 43.3 Å². The minimum Gasteiger partial charge on any atom is -0.444 e. The highest BCUT2D eigenvalue weighted by Crippen LogP contribution is 2.33. The van der Waals surface area contributed by atoms with Crippen LogP contribution in [0.3, 0.4) is 0 Å². The molecule has 0 unspecified atom stereocenters. The van der Waals surface area contributed by atoms with Crippen LogP contribution >= 0.6 is 0 Å². The Kier molecular flexibility index (Phi) is 7.12. The molecule has 2 rings (SSSR count). The van der Waals surface area contributed by atoms with Gasteiger partial charge in [0, 0.05) is 30.2 Å². The fraction of sp³-hybridized carbons (Fsp3) is 0.450. The van der Waals surface area contributed by atoms with Gasteiger partial charge in [-0.2, -0.15) is 18.3 Å². The quantitative estimate of drug-likeness (QED) is 0.704. The fourth-order valence-corrected chi connectivity index (χ4v) is 2.54. The van der Waals surface area contributed by atoms with Crippen molar-refractivity contribution < 1.29 is 22.7 Å². The van der Waals surface area contributed by atoms with E-state index >= 15 is 0 Å². The molecule has 0 atom stereocenters. The molecular weight excluding hydrogens is 399 g/mol. The number of hydrogen-bond acceptors (Lipinski definition) is 5. The monoisotopic (exact) mass is 425 g/mol. The zero-order valence-corrected chi connectivity index (χ0v) is 17.4. The first-order chi connectivity index (χ1) is 13.9. The number of amides is 1. The molecule has 0 saturated carbocycles. The third-order valence-electron chi connectivity index (χ3n) is 3.95. The summed E-state index contributed by atoms with van der Waals surface area (Å²) in [5.41, 5.74) is -0.164. The Labute approximate surface area is 173 Å². The summed E-state index contributed by atoms with van der Waals surface area (Å²) in [7, 11) is 0. The number of nitrogens with zero attached hydrogens (tertiary/aromatic N) is 3. The van der Waals surface area contributed by atoms with Crippen molar-refractivity contribution >= 4 is 11.8 Å². The highest BCUT2D eigenvalue weighted by molar-refractivity contribution is 5.67. The summed E-state index contributed by atoms with van der Waals surface area (Å²) in [6, 6.07) is 3.65. The Morgan fingerprint density at radius 1 is 1.27 bits per heavy atom. The van der Waals surface area contributed by atoms with Gasteiger partial charge >= 0.3 is 12.3 Å². The summed E-state index contributed by atoms with van der Waals surface area (Å²) in [6.45, 7) is 11.1. The molecule has 0 aromatic carbocycles. The van der Waals surface area contributed by atoms with Crippen molar-refractivity contribution in [1.29, 1.82) is 0 Å². The van der Waals surface area contributed by atoms with Gasteiger partial charge in [-0.15, -0.1) is 0 Å². The summed E-state index contributed by atoms with van der Waals surface area (Å²) in [5.74, 6) is 0. The standard InChI is InChI=1S/C20H26F3N5O2/c1-13-7-6-8-24-16(13)11-26-14(2)15-12-28(27-17(15)20(21,22)23)10-9-25-18(29)30-19(3,4)5/h6-8,12,26H,2,9-11H2,1,3-5H3,(H,25,29). The molecule has 1 amide bonds. The van der Waals surface area contributed by atoms with E-state index in [4.69, 9.17) is 4.74 Å². The lowest BCUT2D eigenvalue weighted by molar-refractivity contribution is -0.141. The van der Waals surface area contributed by atoms with Crippen LogP contribution < -0.4 is 10.6 Å². The number of rotatable bonds is 7. The smallest absolute Gasteiger partial charge is 0.435 e. The van der Waals surface area contributed by atoms with Gasteiger partial charge in [0.15, 0.2) is 5.69 Å². The molecule has 2 aromatic heterocycles. The SMILES string of the molecule is C=C(NCc1ncccc1C)c1cn(CCNC(=O)OC(C)(C)C)nc1C(F)(F)F. The normalized spacial score (nSPS) is 11.8. The average molecular weight is 425 g/mol. The number of hydrogen-bond donors (Lipinski definition) is 2. The van der Waals surface area contributed by atoms with Crippen LogP contribution in [0.25, 0.3) is 5.70 Å². The lowest BCUT2D eigenvalue weighted by Crippen LogP contribution is -2.34. The van der Waals surface area contributed by atoms with Crippen molar-refractivity contribution in [3.63, 3.8) is 0 Å². The predicted molar refractivity (Wildman–Crippen MR) is 106 cm³/mol. The summed E-state index contributed by atoms with van der Waals surface area (Å²) < 4.78 is 46.5. The molecule has 0 fully saturated rings. The van der Waals surface area contributed by atoms with Crippen molar-refractivity contribution in [3.05, 3.63) is 53.6 Å². The van der Waals surface area contributed by atoms with E-state index in [2.05, 4.69) is 27.3 Å². The molecule has 2 N–H and O–H groups in total. The van der Waals surface area contributed by atoms with Crippen molar-refractivity contribution in [3.8, 4) is 0 Å². The molecule has 10 heteroatoms.